The van der Waals surface area contributed by atoms with E-state index in [0.717, 1.165) is 24.3 Å². The van der Waals surface area contributed by atoms with Gasteiger partial charge in [-0.05, 0) is 22.9 Å². The molecule has 0 spiro atoms. The summed E-state index contributed by atoms with van der Waals surface area (Å²) < 4.78 is 203. The predicted molar refractivity (Wildman–Crippen MR) is 153 cm³/mol. The second-order valence-electron chi connectivity index (χ2n) is 8.23. The Labute approximate surface area is 315 Å². The molecule has 0 saturated heterocycles. The van der Waals surface area contributed by atoms with Gasteiger partial charge in [-0.2, -0.15) is 0 Å². The van der Waals surface area contributed by atoms with Gasteiger partial charge in [0, 0.05) is 10.8 Å². The SMILES string of the molecule is O=S(=O)([O-])c1cc2ccccc2c(S(=O)(=O)[O-])c1S(=O)(=O)[O-].O=S(=O)([O-])c1cc2ccccc2c(S(=O)(=O)[O-])c1S(=O)(=O)[O-].[Mg+2].[Mg+2].[Mg+2]. The first kappa shape index (κ1) is 46.2. The first-order valence-electron chi connectivity index (χ1n) is 10.5. The number of hydrogen-bond donors (Lipinski definition) is 0. The van der Waals surface area contributed by atoms with E-state index in [9.17, 15) is 77.8 Å². The maximum Gasteiger partial charge on any atom is 2.00 e. The molecule has 0 radical (unpaired) electrons. The standard InChI is InChI=1S/2C10H8O9S3.3Mg/c2*11-20(12,13)8-5-6-3-1-2-4-7(6)9(21(14,15)16)10(8)22(17,18)19;;;/h2*1-5H,(H,11,12,13)(H,14,15,16)(H,17,18,19);;;/q;;3*+2/p-6. The third-order valence-electron chi connectivity index (χ3n) is 5.38. The molecule has 0 aromatic heterocycles. The Balaban J connectivity index is 0.000000846. The Hall–Kier alpha value is -0.841. The van der Waals surface area contributed by atoms with Crippen molar-refractivity contribution in [2.45, 2.75) is 29.4 Å². The molecule has 4 aromatic rings. The second kappa shape index (κ2) is 15.6. The van der Waals surface area contributed by atoms with Crippen molar-refractivity contribution in [2.75, 3.05) is 0 Å². The molecule has 0 aliphatic carbocycles. The Kier molecular flexibility index (Phi) is 15.3. The van der Waals surface area contributed by atoms with E-state index >= 15 is 0 Å². The fourth-order valence-electron chi connectivity index (χ4n) is 3.88. The van der Waals surface area contributed by atoms with Crippen molar-refractivity contribution in [3.8, 4) is 0 Å². The number of fused-ring (bicyclic) bond motifs is 2. The van der Waals surface area contributed by atoms with E-state index in [1.54, 1.807) is 0 Å². The van der Waals surface area contributed by atoms with Crippen molar-refractivity contribution >= 4 is 151 Å². The second-order valence-corrected chi connectivity index (χ2v) is 16.2. The first-order chi connectivity index (χ1) is 19.7. The zero-order chi connectivity index (χ0) is 33.8. The van der Waals surface area contributed by atoms with Crippen LogP contribution in [-0.4, -0.2) is 147 Å². The molecule has 0 atom stereocenters. The van der Waals surface area contributed by atoms with Gasteiger partial charge in [-0.15, -0.1) is 0 Å². The number of hydrogen-bond acceptors (Lipinski definition) is 18. The van der Waals surface area contributed by atoms with E-state index in [1.807, 2.05) is 0 Å². The quantitative estimate of drug-likeness (QED) is 0.150. The average Bonchev–Trinajstić information content (AvgIpc) is 2.83. The summed E-state index contributed by atoms with van der Waals surface area (Å²) in [6.45, 7) is 0. The first-order valence-corrected chi connectivity index (χ1v) is 19.0. The van der Waals surface area contributed by atoms with Crippen molar-refractivity contribution < 1.29 is 77.8 Å². The van der Waals surface area contributed by atoms with Gasteiger partial charge in [-0.3, -0.25) is 0 Å². The molecule has 0 heterocycles. The van der Waals surface area contributed by atoms with Crippen molar-refractivity contribution in [3.63, 3.8) is 0 Å². The van der Waals surface area contributed by atoms with Crippen LogP contribution in [-0.2, 0) is 60.7 Å². The smallest absolute Gasteiger partial charge is 0.744 e. The molecule has 0 amide bonds. The minimum absolute atomic E-state index is 0. The van der Waals surface area contributed by atoms with Crippen LogP contribution in [0.5, 0.6) is 0 Å². The van der Waals surface area contributed by atoms with Crippen LogP contribution < -0.4 is 0 Å². The third kappa shape index (κ3) is 10.6. The molecule has 0 saturated carbocycles. The molecule has 18 nitrogen and oxygen atoms in total. The summed E-state index contributed by atoms with van der Waals surface area (Å²) in [5, 5.41) is -1.34. The minimum atomic E-state index is -5.73. The van der Waals surface area contributed by atoms with E-state index < -0.39 is 101 Å². The van der Waals surface area contributed by atoms with Crippen LogP contribution in [0.25, 0.3) is 21.5 Å². The number of rotatable bonds is 6. The molecule has 0 bridgehead atoms. The zero-order valence-electron chi connectivity index (χ0n) is 22.7. The Morgan fingerprint density at radius 2 is 0.574 bits per heavy atom. The molecule has 47 heavy (non-hydrogen) atoms. The molecule has 4 aromatic carbocycles. The van der Waals surface area contributed by atoms with Crippen molar-refractivity contribution in [1.29, 1.82) is 0 Å². The van der Waals surface area contributed by atoms with Gasteiger partial charge in [0.05, 0.1) is 29.4 Å². The van der Waals surface area contributed by atoms with E-state index in [-0.39, 0.29) is 79.9 Å². The third-order valence-corrected chi connectivity index (χ3v) is 11.3. The van der Waals surface area contributed by atoms with Gasteiger partial charge < -0.3 is 27.3 Å². The van der Waals surface area contributed by atoms with Gasteiger partial charge in [0.2, 0.25) is 0 Å². The predicted octanol–water partition coefficient (Wildman–Crippen LogP) is -2.04. The van der Waals surface area contributed by atoms with E-state index in [1.165, 1.54) is 24.3 Å². The van der Waals surface area contributed by atoms with Crippen LogP contribution in [0, 0.1) is 0 Å². The summed E-state index contributed by atoms with van der Waals surface area (Å²) in [7, 11) is -33.6. The maximum absolute atomic E-state index is 11.3. The molecule has 240 valence electrons. The summed E-state index contributed by atoms with van der Waals surface area (Å²) >= 11 is 0. The fraction of sp³-hybridized carbons (Fsp3) is 0. The van der Waals surface area contributed by atoms with Crippen LogP contribution in [0.4, 0.5) is 0 Å². The Morgan fingerprint density at radius 1 is 0.340 bits per heavy atom. The molecular formula is C20H10Mg3O18S6. The molecule has 0 fully saturated rings. The van der Waals surface area contributed by atoms with E-state index in [4.69, 9.17) is 0 Å². The van der Waals surface area contributed by atoms with Crippen molar-refractivity contribution in [1.82, 2.24) is 0 Å². The van der Waals surface area contributed by atoms with Crippen LogP contribution in [0.15, 0.2) is 90.0 Å². The molecule has 0 unspecified atom stereocenters. The van der Waals surface area contributed by atoms with Crippen molar-refractivity contribution in [2.24, 2.45) is 0 Å². The number of benzene rings is 4. The van der Waals surface area contributed by atoms with Crippen LogP contribution in [0.2, 0.25) is 0 Å². The van der Waals surface area contributed by atoms with Gasteiger partial charge in [0.25, 0.3) is 0 Å². The molecule has 0 N–H and O–H groups in total. The Bertz CT molecular complexity index is 2360. The van der Waals surface area contributed by atoms with Gasteiger partial charge in [-0.25, -0.2) is 50.5 Å². The topological polar surface area (TPSA) is 343 Å². The van der Waals surface area contributed by atoms with Crippen LogP contribution >= 0.6 is 0 Å². The van der Waals surface area contributed by atoms with E-state index in [0.29, 0.717) is 12.1 Å². The normalized spacial score (nSPS) is 12.6. The average molecular weight is 804 g/mol. The van der Waals surface area contributed by atoms with Crippen LogP contribution in [0.1, 0.15) is 0 Å². The summed E-state index contributed by atoms with van der Waals surface area (Å²) in [4.78, 5) is -9.94. The monoisotopic (exact) mass is 802 g/mol. The van der Waals surface area contributed by atoms with Crippen LogP contribution in [0.3, 0.4) is 0 Å². The van der Waals surface area contributed by atoms with Gasteiger partial charge in [0.15, 0.2) is 0 Å². The molecule has 0 aliphatic rings. The summed E-state index contributed by atoms with van der Waals surface area (Å²) in [5.41, 5.74) is 0. The molecule has 0 aliphatic heterocycles. The minimum Gasteiger partial charge on any atom is -0.744 e. The fourth-order valence-corrected chi connectivity index (χ4v) is 10.5. The van der Waals surface area contributed by atoms with Crippen molar-refractivity contribution in [3.05, 3.63) is 60.7 Å². The van der Waals surface area contributed by atoms with E-state index in [2.05, 4.69) is 0 Å². The van der Waals surface area contributed by atoms with Gasteiger partial charge >= 0.3 is 69.2 Å². The molecule has 27 heteroatoms. The maximum atomic E-state index is 11.3. The summed E-state index contributed by atoms with van der Waals surface area (Å²) in [6, 6.07) is 10.5. The summed E-state index contributed by atoms with van der Waals surface area (Å²) in [6.07, 6.45) is 0. The van der Waals surface area contributed by atoms with Gasteiger partial charge in [-0.1, -0.05) is 48.5 Å². The van der Waals surface area contributed by atoms with Gasteiger partial charge in [0.1, 0.15) is 60.7 Å². The molecular weight excluding hydrogens is 794 g/mol. The largest absolute Gasteiger partial charge is 2.00 e. The molecule has 4 rings (SSSR count). The Morgan fingerprint density at radius 3 is 0.787 bits per heavy atom. The zero-order valence-corrected chi connectivity index (χ0v) is 31.8. The summed E-state index contributed by atoms with van der Waals surface area (Å²) in [5.74, 6) is 0.